The minimum Gasteiger partial charge on any atom is -0.309 e. The van der Waals surface area contributed by atoms with Gasteiger partial charge in [-0.2, -0.15) is 11.8 Å². The number of rotatable bonds is 7. The van der Waals surface area contributed by atoms with Crippen LogP contribution >= 0.6 is 23.4 Å². The summed E-state index contributed by atoms with van der Waals surface area (Å²) >= 11 is 8.29. The molecule has 3 heteroatoms. The van der Waals surface area contributed by atoms with Crippen LogP contribution in [0, 0.1) is 0 Å². The normalized spacial score (nSPS) is 18.1. The van der Waals surface area contributed by atoms with Crippen LogP contribution in [0.3, 0.4) is 0 Å². The Labute approximate surface area is 132 Å². The number of halogens is 1. The molecule has 0 spiro atoms. The molecule has 1 saturated carbocycles. The molecule has 0 heterocycles. The molecular formula is C17H26ClNS. The van der Waals surface area contributed by atoms with Crippen LogP contribution in [0.2, 0.25) is 5.02 Å². The van der Waals surface area contributed by atoms with Crippen LogP contribution in [-0.4, -0.2) is 17.5 Å². The van der Waals surface area contributed by atoms with Gasteiger partial charge in [0.2, 0.25) is 0 Å². The quantitative estimate of drug-likeness (QED) is 0.719. The first-order chi connectivity index (χ1) is 9.79. The second-order valence-electron chi connectivity index (χ2n) is 5.66. The Morgan fingerprint density at radius 3 is 2.80 bits per heavy atom. The van der Waals surface area contributed by atoms with Crippen molar-refractivity contribution >= 4 is 23.4 Å². The summed E-state index contributed by atoms with van der Waals surface area (Å²) in [6.07, 6.45) is 8.25. The lowest BCUT2D eigenvalue weighted by Gasteiger charge is -2.25. The average Bonchev–Trinajstić information content (AvgIpc) is 2.48. The van der Waals surface area contributed by atoms with Crippen molar-refractivity contribution in [2.24, 2.45) is 0 Å². The van der Waals surface area contributed by atoms with E-state index in [1.807, 2.05) is 6.07 Å². The number of thioether (sulfide) groups is 1. The summed E-state index contributed by atoms with van der Waals surface area (Å²) < 4.78 is 0. The van der Waals surface area contributed by atoms with Crippen LogP contribution in [0.4, 0.5) is 0 Å². The molecule has 1 aromatic rings. The highest BCUT2D eigenvalue weighted by atomic mass is 35.5. The van der Waals surface area contributed by atoms with Gasteiger partial charge in [-0.25, -0.2) is 0 Å². The third-order valence-electron chi connectivity index (χ3n) is 3.94. The molecule has 0 aliphatic heterocycles. The van der Waals surface area contributed by atoms with E-state index >= 15 is 0 Å². The van der Waals surface area contributed by atoms with E-state index in [1.165, 1.54) is 44.1 Å². The maximum Gasteiger partial charge on any atom is 0.0412 e. The largest absolute Gasteiger partial charge is 0.309 e. The molecule has 1 fully saturated rings. The van der Waals surface area contributed by atoms with Gasteiger partial charge in [-0.15, -0.1) is 0 Å². The van der Waals surface area contributed by atoms with E-state index in [4.69, 9.17) is 11.6 Å². The summed E-state index contributed by atoms with van der Waals surface area (Å²) in [6, 6.07) is 8.75. The molecule has 1 N–H and O–H groups in total. The number of benzene rings is 1. The maximum absolute atomic E-state index is 6.14. The molecule has 1 nitrogen and oxygen atoms in total. The van der Waals surface area contributed by atoms with Gasteiger partial charge in [0.05, 0.1) is 0 Å². The van der Waals surface area contributed by atoms with Gasteiger partial charge in [0.25, 0.3) is 0 Å². The Balaban J connectivity index is 1.92. The fraction of sp³-hybridized carbons (Fsp3) is 0.647. The van der Waals surface area contributed by atoms with Gasteiger partial charge in [0.1, 0.15) is 0 Å². The van der Waals surface area contributed by atoms with E-state index in [0.29, 0.717) is 6.04 Å². The smallest absolute Gasteiger partial charge is 0.0412 e. The predicted octanol–water partition coefficient (Wildman–Crippen LogP) is 5.45. The summed E-state index contributed by atoms with van der Waals surface area (Å²) in [6.45, 7) is 3.29. The molecule has 112 valence electrons. The van der Waals surface area contributed by atoms with Gasteiger partial charge in [-0.05, 0) is 43.5 Å². The van der Waals surface area contributed by atoms with E-state index in [2.05, 4.69) is 42.2 Å². The first kappa shape index (κ1) is 16.2. The van der Waals surface area contributed by atoms with Crippen LogP contribution in [0.15, 0.2) is 24.3 Å². The van der Waals surface area contributed by atoms with Crippen molar-refractivity contribution in [1.29, 1.82) is 0 Å². The molecule has 20 heavy (non-hydrogen) atoms. The topological polar surface area (TPSA) is 12.0 Å². The van der Waals surface area contributed by atoms with Crippen molar-refractivity contribution < 1.29 is 0 Å². The molecular weight excluding hydrogens is 286 g/mol. The Morgan fingerprint density at radius 1 is 1.30 bits per heavy atom. The Morgan fingerprint density at radius 2 is 2.10 bits per heavy atom. The summed E-state index contributed by atoms with van der Waals surface area (Å²) in [5.41, 5.74) is 1.33. The average molecular weight is 312 g/mol. The first-order valence-electron chi connectivity index (χ1n) is 7.90. The van der Waals surface area contributed by atoms with Crippen molar-refractivity contribution in [1.82, 2.24) is 5.32 Å². The zero-order valence-electron chi connectivity index (χ0n) is 12.4. The van der Waals surface area contributed by atoms with Gasteiger partial charge in [-0.3, -0.25) is 0 Å². The lowest BCUT2D eigenvalue weighted by Crippen LogP contribution is -2.25. The molecule has 0 amide bonds. The van der Waals surface area contributed by atoms with Gasteiger partial charge in [-0.1, -0.05) is 49.9 Å². The maximum atomic E-state index is 6.14. The minimum atomic E-state index is 0.431. The first-order valence-corrected chi connectivity index (χ1v) is 9.32. The molecule has 0 aromatic heterocycles. The highest BCUT2D eigenvalue weighted by Gasteiger charge is 2.17. The van der Waals surface area contributed by atoms with E-state index in [0.717, 1.165) is 22.6 Å². The van der Waals surface area contributed by atoms with Crippen LogP contribution in [0.5, 0.6) is 0 Å². The van der Waals surface area contributed by atoms with E-state index in [-0.39, 0.29) is 0 Å². The van der Waals surface area contributed by atoms with Crippen molar-refractivity contribution in [3.05, 3.63) is 34.9 Å². The summed E-state index contributed by atoms with van der Waals surface area (Å²) in [4.78, 5) is 0. The summed E-state index contributed by atoms with van der Waals surface area (Å²) in [7, 11) is 0. The number of hydrogen-bond donors (Lipinski definition) is 1. The van der Waals surface area contributed by atoms with Crippen LogP contribution in [-0.2, 0) is 0 Å². The van der Waals surface area contributed by atoms with Gasteiger partial charge < -0.3 is 5.32 Å². The summed E-state index contributed by atoms with van der Waals surface area (Å²) in [5.74, 6) is 1.16. The van der Waals surface area contributed by atoms with Crippen LogP contribution < -0.4 is 5.32 Å². The molecule has 0 radical (unpaired) electrons. The van der Waals surface area contributed by atoms with Crippen molar-refractivity contribution in [2.45, 2.75) is 56.7 Å². The van der Waals surface area contributed by atoms with Gasteiger partial charge in [0.15, 0.2) is 0 Å². The van der Waals surface area contributed by atoms with Gasteiger partial charge >= 0.3 is 0 Å². The molecule has 1 unspecified atom stereocenters. The zero-order chi connectivity index (χ0) is 14.2. The Kier molecular flexibility index (Phi) is 7.26. The Bertz CT molecular complexity index is 390. The van der Waals surface area contributed by atoms with Crippen molar-refractivity contribution in [3.8, 4) is 0 Å². The number of nitrogens with one attached hydrogen (secondary N) is 1. The van der Waals surface area contributed by atoms with Crippen molar-refractivity contribution in [3.63, 3.8) is 0 Å². The van der Waals surface area contributed by atoms with Gasteiger partial charge in [0, 0.05) is 22.1 Å². The molecule has 1 aromatic carbocycles. The molecule has 0 bridgehead atoms. The lowest BCUT2D eigenvalue weighted by atomic mass is 10.0. The summed E-state index contributed by atoms with van der Waals surface area (Å²) in [5, 5.41) is 5.38. The zero-order valence-corrected chi connectivity index (χ0v) is 14.0. The lowest BCUT2D eigenvalue weighted by molar-refractivity contribution is 0.513. The highest BCUT2D eigenvalue weighted by Crippen LogP contribution is 2.31. The minimum absolute atomic E-state index is 0.431. The molecule has 1 aliphatic rings. The standard InChI is InChI=1S/C17H26ClNS/c1-2-11-19-17(14-7-6-8-15(18)12-14)13-20-16-9-4-3-5-10-16/h6-8,12,16-17,19H,2-5,9-11,13H2,1H3. The fourth-order valence-electron chi connectivity index (χ4n) is 2.78. The monoisotopic (exact) mass is 311 g/mol. The third kappa shape index (κ3) is 5.31. The predicted molar refractivity (Wildman–Crippen MR) is 91.8 cm³/mol. The molecule has 1 aliphatic carbocycles. The van der Waals surface area contributed by atoms with E-state index in [1.54, 1.807) is 0 Å². The van der Waals surface area contributed by atoms with E-state index < -0.39 is 0 Å². The van der Waals surface area contributed by atoms with Crippen molar-refractivity contribution in [2.75, 3.05) is 12.3 Å². The SMILES string of the molecule is CCCNC(CSC1CCCCC1)c1cccc(Cl)c1. The molecule has 2 rings (SSSR count). The molecule has 0 saturated heterocycles. The molecule has 1 atom stereocenters. The third-order valence-corrected chi connectivity index (χ3v) is 5.65. The number of hydrogen-bond acceptors (Lipinski definition) is 2. The second kappa shape index (κ2) is 8.96. The van der Waals surface area contributed by atoms with Crippen LogP contribution in [0.25, 0.3) is 0 Å². The fourth-order valence-corrected chi connectivity index (χ4v) is 4.42. The highest BCUT2D eigenvalue weighted by molar-refractivity contribution is 7.99. The van der Waals surface area contributed by atoms with Crippen LogP contribution in [0.1, 0.15) is 57.1 Å². The van der Waals surface area contributed by atoms with E-state index in [9.17, 15) is 0 Å². The Hall–Kier alpha value is -0.180. The second-order valence-corrected chi connectivity index (χ2v) is 7.42.